The number of carbonyl (C=O) groups is 1. The van der Waals surface area contributed by atoms with E-state index in [1.54, 1.807) is 6.92 Å². The molecule has 1 amide bonds. The molecule has 1 aromatic rings. The predicted molar refractivity (Wildman–Crippen MR) is 116 cm³/mol. The molecule has 0 heterocycles. The Morgan fingerprint density at radius 1 is 0.962 bits per heavy atom. The lowest BCUT2D eigenvalue weighted by Crippen LogP contribution is -2.44. The summed E-state index contributed by atoms with van der Waals surface area (Å²) in [6.07, 6.45) is 0. The van der Waals surface area contributed by atoms with Gasteiger partial charge in [-0.2, -0.15) is 0 Å². The highest BCUT2D eigenvalue weighted by Gasteiger charge is 2.41. The molecular formula is C22H34ClNOSi. The maximum Gasteiger partial charge on any atom is 0.217 e. The fourth-order valence-corrected chi connectivity index (χ4v) is 9.50. The highest BCUT2D eigenvalue weighted by molar-refractivity contribution is 6.90. The Balaban J connectivity index is 3.32. The van der Waals surface area contributed by atoms with Crippen LogP contribution in [0, 0.1) is 11.5 Å². The van der Waals surface area contributed by atoms with Gasteiger partial charge in [0.2, 0.25) is 5.91 Å². The Hall–Kier alpha value is -1.24. The molecule has 0 aliphatic heterocycles. The molecule has 1 rings (SSSR count). The van der Waals surface area contributed by atoms with Crippen molar-refractivity contribution in [1.82, 2.24) is 5.32 Å². The molecule has 0 spiro atoms. The molecule has 0 saturated carbocycles. The summed E-state index contributed by atoms with van der Waals surface area (Å²) in [5, 5.41) is 3.78. The molecule has 0 aliphatic carbocycles. The fraction of sp³-hybridized carbons (Fsp3) is 0.591. The molecule has 144 valence electrons. The first-order chi connectivity index (χ1) is 12.0. The molecule has 0 saturated heterocycles. The Morgan fingerprint density at radius 3 is 1.81 bits per heavy atom. The molecule has 0 aromatic heterocycles. The zero-order chi connectivity index (χ0) is 20.1. The summed E-state index contributed by atoms with van der Waals surface area (Å²) in [7, 11) is -1.83. The van der Waals surface area contributed by atoms with Crippen LogP contribution in [0.25, 0.3) is 0 Å². The van der Waals surface area contributed by atoms with Crippen molar-refractivity contribution < 1.29 is 4.79 Å². The maximum absolute atomic E-state index is 11.8. The number of nitrogens with one attached hydrogen (secondary N) is 1. The second kappa shape index (κ2) is 9.62. The summed E-state index contributed by atoms with van der Waals surface area (Å²) in [5.74, 6) is 3.55. The molecule has 4 heteroatoms. The highest BCUT2D eigenvalue weighted by Crippen LogP contribution is 2.40. The van der Waals surface area contributed by atoms with E-state index in [-0.39, 0.29) is 17.9 Å². The predicted octanol–water partition coefficient (Wildman–Crippen LogP) is 6.17. The molecule has 0 aliphatic rings. The van der Waals surface area contributed by atoms with Crippen molar-refractivity contribution in [3.05, 3.63) is 34.9 Å². The lowest BCUT2D eigenvalue weighted by atomic mass is 9.94. The van der Waals surface area contributed by atoms with E-state index in [2.05, 4.69) is 65.2 Å². The lowest BCUT2D eigenvalue weighted by Gasteiger charge is -2.38. The number of hydrogen-bond acceptors (Lipinski definition) is 1. The van der Waals surface area contributed by atoms with Crippen molar-refractivity contribution >= 4 is 25.6 Å². The average Bonchev–Trinajstić information content (AvgIpc) is 2.53. The third-order valence-corrected chi connectivity index (χ3v) is 12.1. The third kappa shape index (κ3) is 5.38. The van der Waals surface area contributed by atoms with Gasteiger partial charge in [-0.15, -0.1) is 5.54 Å². The lowest BCUT2D eigenvalue weighted by molar-refractivity contribution is -0.119. The van der Waals surface area contributed by atoms with Gasteiger partial charge in [0, 0.05) is 17.9 Å². The van der Waals surface area contributed by atoms with E-state index in [0.717, 1.165) is 5.56 Å². The van der Waals surface area contributed by atoms with Crippen LogP contribution in [0.5, 0.6) is 0 Å². The van der Waals surface area contributed by atoms with Gasteiger partial charge < -0.3 is 5.32 Å². The first kappa shape index (κ1) is 22.8. The molecule has 26 heavy (non-hydrogen) atoms. The van der Waals surface area contributed by atoms with Gasteiger partial charge in [0.05, 0.1) is 6.04 Å². The van der Waals surface area contributed by atoms with Gasteiger partial charge in [-0.1, -0.05) is 78.1 Å². The van der Waals surface area contributed by atoms with Crippen LogP contribution in [0.2, 0.25) is 21.6 Å². The van der Waals surface area contributed by atoms with Crippen molar-refractivity contribution in [2.45, 2.75) is 84.0 Å². The molecule has 0 bridgehead atoms. The Kier molecular flexibility index (Phi) is 8.44. The zero-order valence-electron chi connectivity index (χ0n) is 17.5. The van der Waals surface area contributed by atoms with E-state index in [1.807, 2.05) is 24.3 Å². The SMILES string of the molecule is CC(=O)N[C@@H](C#C[Si](C(C)C)(C(C)C)C(C)C)[C@@H](C)c1ccc(Cl)cc1. The number of carbonyl (C=O) groups excluding carboxylic acids is 1. The van der Waals surface area contributed by atoms with Crippen LogP contribution < -0.4 is 5.32 Å². The first-order valence-corrected chi connectivity index (χ1v) is 12.2. The van der Waals surface area contributed by atoms with Crippen LogP contribution >= 0.6 is 11.6 Å². The van der Waals surface area contributed by atoms with Crippen molar-refractivity contribution in [3.8, 4) is 11.5 Å². The molecule has 1 N–H and O–H groups in total. The van der Waals surface area contributed by atoms with Crippen LogP contribution in [0.3, 0.4) is 0 Å². The van der Waals surface area contributed by atoms with Crippen molar-refractivity contribution in [3.63, 3.8) is 0 Å². The van der Waals surface area contributed by atoms with Crippen LogP contribution in [0.1, 0.15) is 66.9 Å². The minimum absolute atomic E-state index is 0.0454. The van der Waals surface area contributed by atoms with E-state index >= 15 is 0 Å². The standard InChI is InChI=1S/C22H34ClNOSi/c1-15(2)26(16(3)4,17(5)6)14-13-22(24-19(8)25)18(7)20-9-11-21(23)12-10-20/h9-12,15-18,22H,1-8H3,(H,24,25)/t18-,22-/m0/s1. The van der Waals surface area contributed by atoms with E-state index in [0.29, 0.717) is 21.6 Å². The number of rotatable bonds is 6. The van der Waals surface area contributed by atoms with E-state index in [9.17, 15) is 4.79 Å². The zero-order valence-corrected chi connectivity index (χ0v) is 19.2. The first-order valence-electron chi connectivity index (χ1n) is 9.57. The number of hydrogen-bond donors (Lipinski definition) is 1. The van der Waals surface area contributed by atoms with E-state index in [1.165, 1.54) is 0 Å². The number of amides is 1. The Labute approximate surface area is 166 Å². The quantitative estimate of drug-likeness (QED) is 0.456. The van der Waals surface area contributed by atoms with Gasteiger partial charge >= 0.3 is 0 Å². The molecule has 0 unspecified atom stereocenters. The number of halogens is 1. The minimum Gasteiger partial charge on any atom is -0.342 e. The normalized spacial score (nSPS) is 14.2. The molecule has 2 nitrogen and oxygen atoms in total. The second-order valence-electron chi connectivity index (χ2n) is 8.18. The third-order valence-electron chi connectivity index (χ3n) is 5.56. The van der Waals surface area contributed by atoms with Gasteiger partial charge in [0.25, 0.3) is 0 Å². The van der Waals surface area contributed by atoms with Gasteiger partial charge in [0.15, 0.2) is 0 Å². The van der Waals surface area contributed by atoms with E-state index < -0.39 is 8.07 Å². The highest BCUT2D eigenvalue weighted by atomic mass is 35.5. The summed E-state index contributed by atoms with van der Waals surface area (Å²) in [4.78, 5) is 11.8. The van der Waals surface area contributed by atoms with Gasteiger partial charge in [0.1, 0.15) is 8.07 Å². The summed E-state index contributed by atoms with van der Waals surface area (Å²) in [5.41, 5.74) is 6.58. The largest absolute Gasteiger partial charge is 0.342 e. The average molecular weight is 392 g/mol. The van der Waals surface area contributed by atoms with Crippen LogP contribution in [0.4, 0.5) is 0 Å². The fourth-order valence-electron chi connectivity index (χ4n) is 4.10. The number of benzene rings is 1. The van der Waals surface area contributed by atoms with Gasteiger partial charge in [-0.05, 0) is 34.3 Å². The van der Waals surface area contributed by atoms with Crippen LogP contribution in [-0.4, -0.2) is 20.0 Å². The smallest absolute Gasteiger partial charge is 0.217 e. The molecule has 1 aromatic carbocycles. The van der Waals surface area contributed by atoms with Crippen molar-refractivity contribution in [1.29, 1.82) is 0 Å². The Bertz CT molecular complexity index is 633. The summed E-state index contributed by atoms with van der Waals surface area (Å²) in [6, 6.07) is 7.61. The minimum atomic E-state index is -1.83. The summed E-state index contributed by atoms with van der Waals surface area (Å²) in [6.45, 7) is 17.5. The maximum atomic E-state index is 11.8. The topological polar surface area (TPSA) is 29.1 Å². The Morgan fingerprint density at radius 2 is 1.42 bits per heavy atom. The van der Waals surface area contributed by atoms with Crippen molar-refractivity contribution in [2.24, 2.45) is 0 Å². The van der Waals surface area contributed by atoms with Crippen molar-refractivity contribution in [2.75, 3.05) is 0 Å². The monoisotopic (exact) mass is 391 g/mol. The van der Waals surface area contributed by atoms with Crippen LogP contribution in [0.15, 0.2) is 24.3 Å². The molecule has 2 atom stereocenters. The van der Waals surface area contributed by atoms with Crippen LogP contribution in [-0.2, 0) is 4.79 Å². The molecule has 0 fully saturated rings. The molecular weight excluding hydrogens is 358 g/mol. The summed E-state index contributed by atoms with van der Waals surface area (Å²) >= 11 is 6.01. The van der Waals surface area contributed by atoms with Gasteiger partial charge in [-0.3, -0.25) is 4.79 Å². The van der Waals surface area contributed by atoms with E-state index in [4.69, 9.17) is 11.6 Å². The van der Waals surface area contributed by atoms with Gasteiger partial charge in [-0.25, -0.2) is 0 Å². The summed E-state index contributed by atoms with van der Waals surface area (Å²) < 4.78 is 0. The second-order valence-corrected chi connectivity index (χ2v) is 14.2. The molecule has 0 radical (unpaired) electrons.